The predicted molar refractivity (Wildman–Crippen MR) is 101 cm³/mol. The predicted octanol–water partition coefficient (Wildman–Crippen LogP) is 1.90. The van der Waals surface area contributed by atoms with Crippen LogP contribution in [-0.4, -0.2) is 34.8 Å². The Morgan fingerprint density at radius 1 is 1.12 bits per heavy atom. The van der Waals surface area contributed by atoms with E-state index in [9.17, 15) is 5.11 Å². The number of aliphatic hydroxyl groups is 1. The average molecular weight is 336 g/mol. The number of allylic oxidation sites excluding steroid dienone is 1. The number of rotatable bonds is 8. The maximum absolute atomic E-state index is 9.87. The van der Waals surface area contributed by atoms with Crippen molar-refractivity contribution >= 4 is 5.70 Å². The number of nitrogens with zero attached hydrogens (tertiary/aromatic N) is 1. The first kappa shape index (κ1) is 21.7. The standard InChI is InChI=1S/C16H26N4O2.C2H6/c1-2-8-20(9-5-10-21)14(16(18)19)11-13(17)12-6-3-4-7-15(12)22;1-2/h3-4,6-7,11,21-22H,2,5,8-10,17-19H2,1H3;1-2H3/b13-11-;. The Balaban J connectivity index is 0.00000254. The third-order valence-corrected chi connectivity index (χ3v) is 3.22. The number of phenolic OH excluding ortho intramolecular Hbond substituents is 1. The molecule has 24 heavy (non-hydrogen) atoms. The highest BCUT2D eigenvalue weighted by molar-refractivity contribution is 5.69. The van der Waals surface area contributed by atoms with Crippen LogP contribution in [0.2, 0.25) is 0 Å². The zero-order valence-corrected chi connectivity index (χ0v) is 15.0. The van der Waals surface area contributed by atoms with Crippen LogP contribution in [0.3, 0.4) is 0 Å². The minimum Gasteiger partial charge on any atom is -0.507 e. The Morgan fingerprint density at radius 2 is 1.75 bits per heavy atom. The monoisotopic (exact) mass is 336 g/mol. The molecule has 0 unspecified atom stereocenters. The number of hydrogen-bond acceptors (Lipinski definition) is 6. The Kier molecular flexibility index (Phi) is 10.9. The molecule has 0 aliphatic carbocycles. The van der Waals surface area contributed by atoms with Crippen LogP contribution in [0.15, 0.2) is 41.9 Å². The van der Waals surface area contributed by atoms with Gasteiger partial charge in [-0.1, -0.05) is 32.9 Å². The second-order valence-corrected chi connectivity index (χ2v) is 5.02. The summed E-state index contributed by atoms with van der Waals surface area (Å²) in [4.78, 5) is 1.98. The molecule has 1 aromatic rings. The number of para-hydroxylation sites is 1. The van der Waals surface area contributed by atoms with Crippen molar-refractivity contribution in [3.05, 3.63) is 47.4 Å². The molecule has 0 fully saturated rings. The van der Waals surface area contributed by atoms with Crippen molar-refractivity contribution in [3.63, 3.8) is 0 Å². The molecule has 0 aliphatic heterocycles. The van der Waals surface area contributed by atoms with E-state index >= 15 is 0 Å². The topological polar surface area (TPSA) is 122 Å². The van der Waals surface area contributed by atoms with Gasteiger partial charge in [-0.25, -0.2) is 0 Å². The average Bonchev–Trinajstić information content (AvgIpc) is 2.58. The maximum Gasteiger partial charge on any atom is 0.124 e. The van der Waals surface area contributed by atoms with E-state index < -0.39 is 0 Å². The van der Waals surface area contributed by atoms with Gasteiger partial charge in [-0.2, -0.15) is 0 Å². The zero-order chi connectivity index (χ0) is 18.5. The lowest BCUT2D eigenvalue weighted by Crippen LogP contribution is -2.30. The highest BCUT2D eigenvalue weighted by Gasteiger charge is 2.12. The van der Waals surface area contributed by atoms with E-state index in [2.05, 4.69) is 0 Å². The van der Waals surface area contributed by atoms with Gasteiger partial charge in [-0.15, -0.1) is 0 Å². The molecule has 6 nitrogen and oxygen atoms in total. The van der Waals surface area contributed by atoms with Crippen molar-refractivity contribution in [2.75, 3.05) is 19.7 Å². The summed E-state index contributed by atoms with van der Waals surface area (Å²) in [7, 11) is 0. The van der Waals surface area contributed by atoms with Crippen molar-refractivity contribution in [3.8, 4) is 5.75 Å². The van der Waals surface area contributed by atoms with Crippen LogP contribution in [0.1, 0.15) is 39.2 Å². The molecule has 6 heteroatoms. The van der Waals surface area contributed by atoms with Crippen LogP contribution >= 0.6 is 0 Å². The van der Waals surface area contributed by atoms with Crippen LogP contribution in [0.4, 0.5) is 0 Å². The minimum atomic E-state index is 0.0939. The summed E-state index contributed by atoms with van der Waals surface area (Å²) in [6, 6.07) is 6.81. The molecule has 8 N–H and O–H groups in total. The van der Waals surface area contributed by atoms with E-state index in [1.165, 1.54) is 0 Å². The molecule has 0 atom stereocenters. The molecule has 0 saturated heterocycles. The van der Waals surface area contributed by atoms with Gasteiger partial charge in [0.2, 0.25) is 0 Å². The Labute approximate surface area is 145 Å². The highest BCUT2D eigenvalue weighted by atomic mass is 16.3. The van der Waals surface area contributed by atoms with Crippen molar-refractivity contribution in [2.45, 2.75) is 33.6 Å². The Hall–Kier alpha value is -2.34. The van der Waals surface area contributed by atoms with Crippen LogP contribution in [0, 0.1) is 0 Å². The van der Waals surface area contributed by atoms with E-state index in [0.717, 1.165) is 13.0 Å². The molecule has 0 aromatic heterocycles. The van der Waals surface area contributed by atoms with Gasteiger partial charge < -0.3 is 32.3 Å². The van der Waals surface area contributed by atoms with E-state index in [0.29, 0.717) is 29.9 Å². The number of aliphatic hydroxyl groups excluding tert-OH is 1. The molecule has 136 valence electrons. The first-order chi connectivity index (χ1) is 11.5. The zero-order valence-electron chi connectivity index (χ0n) is 15.0. The molecule has 0 saturated carbocycles. The number of hydrogen-bond donors (Lipinski definition) is 5. The van der Waals surface area contributed by atoms with Gasteiger partial charge in [0.25, 0.3) is 0 Å². The summed E-state index contributed by atoms with van der Waals surface area (Å²) >= 11 is 0. The lowest BCUT2D eigenvalue weighted by molar-refractivity contribution is 0.253. The van der Waals surface area contributed by atoms with Crippen molar-refractivity contribution < 1.29 is 10.2 Å². The molecular formula is C18H32N4O2. The van der Waals surface area contributed by atoms with Gasteiger partial charge in [-0.3, -0.25) is 0 Å². The fraction of sp³-hybridized carbons (Fsp3) is 0.444. The van der Waals surface area contributed by atoms with E-state index in [1.807, 2.05) is 25.7 Å². The Bertz CT molecular complexity index is 538. The SMILES string of the molecule is CC.CCCN(CCCO)C(/C=C(\N)c1ccccc1O)=C(N)N. The fourth-order valence-corrected chi connectivity index (χ4v) is 2.18. The normalized spacial score (nSPS) is 10.6. The summed E-state index contributed by atoms with van der Waals surface area (Å²) in [5, 5.41) is 18.9. The first-order valence-corrected chi connectivity index (χ1v) is 8.37. The lowest BCUT2D eigenvalue weighted by atomic mass is 10.1. The summed E-state index contributed by atoms with van der Waals surface area (Å²) in [5.41, 5.74) is 19.2. The Morgan fingerprint density at radius 3 is 2.25 bits per heavy atom. The van der Waals surface area contributed by atoms with Crippen LogP contribution in [0.25, 0.3) is 5.70 Å². The fourth-order valence-electron chi connectivity index (χ4n) is 2.18. The molecule has 0 bridgehead atoms. The molecular weight excluding hydrogens is 304 g/mol. The van der Waals surface area contributed by atoms with E-state index in [4.69, 9.17) is 22.3 Å². The van der Waals surface area contributed by atoms with Crippen molar-refractivity contribution in [1.82, 2.24) is 4.90 Å². The molecule has 0 amide bonds. The van der Waals surface area contributed by atoms with Gasteiger partial charge in [-0.05, 0) is 31.1 Å². The minimum absolute atomic E-state index is 0.0939. The van der Waals surface area contributed by atoms with Gasteiger partial charge in [0.15, 0.2) is 0 Å². The van der Waals surface area contributed by atoms with Gasteiger partial charge >= 0.3 is 0 Å². The van der Waals surface area contributed by atoms with Crippen LogP contribution in [0.5, 0.6) is 5.75 Å². The summed E-state index contributed by atoms with van der Waals surface area (Å²) in [6.07, 6.45) is 3.19. The van der Waals surface area contributed by atoms with Crippen LogP contribution in [-0.2, 0) is 0 Å². The summed E-state index contributed by atoms with van der Waals surface area (Å²) in [5.74, 6) is 0.258. The first-order valence-electron chi connectivity index (χ1n) is 8.37. The van der Waals surface area contributed by atoms with Gasteiger partial charge in [0, 0.05) is 31.0 Å². The number of benzene rings is 1. The van der Waals surface area contributed by atoms with Crippen molar-refractivity contribution in [2.24, 2.45) is 17.2 Å². The molecule has 0 aliphatic rings. The molecule has 1 rings (SSSR count). The second-order valence-electron chi connectivity index (χ2n) is 5.02. The van der Waals surface area contributed by atoms with E-state index in [-0.39, 0.29) is 18.2 Å². The summed E-state index contributed by atoms with van der Waals surface area (Å²) in [6.45, 7) is 7.52. The smallest absolute Gasteiger partial charge is 0.124 e. The summed E-state index contributed by atoms with van der Waals surface area (Å²) < 4.78 is 0. The highest BCUT2D eigenvalue weighted by Crippen LogP contribution is 2.23. The van der Waals surface area contributed by atoms with Gasteiger partial charge in [0.05, 0.1) is 5.70 Å². The molecule has 0 spiro atoms. The molecule has 0 heterocycles. The maximum atomic E-state index is 9.87. The molecule has 1 aromatic carbocycles. The third-order valence-electron chi connectivity index (χ3n) is 3.22. The lowest BCUT2D eigenvalue weighted by Gasteiger charge is -2.26. The number of phenols is 1. The number of aromatic hydroxyl groups is 1. The van der Waals surface area contributed by atoms with Crippen LogP contribution < -0.4 is 17.2 Å². The van der Waals surface area contributed by atoms with E-state index in [1.54, 1.807) is 30.3 Å². The number of nitrogens with two attached hydrogens (primary N) is 3. The molecule has 0 radical (unpaired) electrons. The largest absolute Gasteiger partial charge is 0.507 e. The third kappa shape index (κ3) is 6.83. The quantitative estimate of drug-likeness (QED) is 0.462. The van der Waals surface area contributed by atoms with Gasteiger partial charge in [0.1, 0.15) is 11.6 Å². The van der Waals surface area contributed by atoms with Crippen molar-refractivity contribution in [1.29, 1.82) is 0 Å². The second kappa shape index (κ2) is 12.1.